The minimum Gasteiger partial charge on any atom is -0.291 e. The Bertz CT molecular complexity index is 569. The first-order valence-corrected chi connectivity index (χ1v) is 6.43. The second kappa shape index (κ2) is 5.27. The Morgan fingerprint density at radius 2 is 1.63 bits per heavy atom. The molecule has 98 valence electrons. The number of nitrogens with zero attached hydrogens (tertiary/aromatic N) is 1. The lowest BCUT2D eigenvalue weighted by Crippen LogP contribution is -2.10. The molecule has 0 fully saturated rings. The first-order valence-electron chi connectivity index (χ1n) is 6.43. The summed E-state index contributed by atoms with van der Waals surface area (Å²) >= 11 is 0. The fraction of sp³-hybridized carbons (Fsp3) is 0.235. The van der Waals surface area contributed by atoms with E-state index in [4.69, 9.17) is 0 Å². The zero-order valence-electron chi connectivity index (χ0n) is 11.6. The van der Waals surface area contributed by atoms with Crippen molar-refractivity contribution < 1.29 is 4.79 Å². The molecule has 2 heteroatoms. The van der Waals surface area contributed by atoms with Crippen LogP contribution in [-0.2, 0) is 5.41 Å². The van der Waals surface area contributed by atoms with Gasteiger partial charge in [0, 0.05) is 18.5 Å². The highest BCUT2D eigenvalue weighted by molar-refractivity contribution is 5.93. The number of rotatable bonds is 2. The molecule has 0 atom stereocenters. The number of hydrogen-bond acceptors (Lipinski definition) is 1. The molecule has 1 aromatic carbocycles. The van der Waals surface area contributed by atoms with E-state index in [-0.39, 0.29) is 11.3 Å². The van der Waals surface area contributed by atoms with Crippen molar-refractivity contribution in [1.82, 2.24) is 4.57 Å². The maximum absolute atomic E-state index is 11.8. The second-order valence-corrected chi connectivity index (χ2v) is 5.63. The Morgan fingerprint density at radius 3 is 2.16 bits per heavy atom. The fourth-order valence-corrected chi connectivity index (χ4v) is 1.83. The average molecular weight is 253 g/mol. The molecule has 1 heterocycles. The normalized spacial score (nSPS) is 11.9. The molecule has 0 spiro atoms. The minimum absolute atomic E-state index is 0.0371. The summed E-state index contributed by atoms with van der Waals surface area (Å²) < 4.78 is 1.56. The van der Waals surface area contributed by atoms with E-state index in [9.17, 15) is 4.79 Å². The highest BCUT2D eigenvalue weighted by Crippen LogP contribution is 2.22. The molecule has 19 heavy (non-hydrogen) atoms. The molecule has 0 aliphatic heterocycles. The van der Waals surface area contributed by atoms with E-state index in [0.29, 0.717) is 0 Å². The van der Waals surface area contributed by atoms with E-state index in [1.165, 1.54) is 5.56 Å². The fourth-order valence-electron chi connectivity index (χ4n) is 1.83. The number of carbonyl (C=O) groups excluding carboxylic acids is 1. The predicted octanol–water partition coefficient (Wildman–Crippen LogP) is 4.14. The first kappa shape index (κ1) is 13.3. The van der Waals surface area contributed by atoms with Crippen molar-refractivity contribution in [2.24, 2.45) is 0 Å². The summed E-state index contributed by atoms with van der Waals surface area (Å²) in [6.07, 6.45) is 6.92. The maximum atomic E-state index is 11.8. The number of hydrogen-bond donors (Lipinski definition) is 0. The topological polar surface area (TPSA) is 22.0 Å². The third-order valence-corrected chi connectivity index (χ3v) is 3.05. The highest BCUT2D eigenvalue weighted by Gasteiger charge is 2.12. The van der Waals surface area contributed by atoms with Crippen molar-refractivity contribution in [2.45, 2.75) is 26.2 Å². The third-order valence-electron chi connectivity index (χ3n) is 3.05. The summed E-state index contributed by atoms with van der Waals surface area (Å²) in [5.74, 6) is -0.0371. The van der Waals surface area contributed by atoms with Crippen LogP contribution in [0.3, 0.4) is 0 Å². The minimum atomic E-state index is -0.0371. The highest BCUT2D eigenvalue weighted by atomic mass is 16.1. The quantitative estimate of drug-likeness (QED) is 0.737. The molecule has 0 saturated carbocycles. The van der Waals surface area contributed by atoms with Crippen molar-refractivity contribution in [3.63, 3.8) is 0 Å². The Morgan fingerprint density at radius 1 is 1.05 bits per heavy atom. The molecule has 0 aliphatic rings. The SMILES string of the molecule is CC(C)(C)c1ccc(C=CC(=O)n2cccc2)cc1. The smallest absolute Gasteiger partial charge is 0.254 e. The van der Waals surface area contributed by atoms with Crippen LogP contribution in [-0.4, -0.2) is 10.5 Å². The Hall–Kier alpha value is -2.09. The van der Waals surface area contributed by atoms with E-state index in [2.05, 4.69) is 32.9 Å². The van der Waals surface area contributed by atoms with Crippen LogP contribution in [0.4, 0.5) is 0 Å². The number of carbonyl (C=O) groups is 1. The third kappa shape index (κ3) is 3.44. The summed E-state index contributed by atoms with van der Waals surface area (Å²) in [5.41, 5.74) is 2.48. The lowest BCUT2D eigenvalue weighted by atomic mass is 9.87. The number of aromatic nitrogens is 1. The molecule has 0 N–H and O–H groups in total. The van der Waals surface area contributed by atoms with Gasteiger partial charge < -0.3 is 0 Å². The zero-order valence-corrected chi connectivity index (χ0v) is 11.6. The largest absolute Gasteiger partial charge is 0.291 e. The van der Waals surface area contributed by atoms with Crippen LogP contribution >= 0.6 is 0 Å². The van der Waals surface area contributed by atoms with Crippen LogP contribution in [0.5, 0.6) is 0 Å². The molecule has 0 amide bonds. The van der Waals surface area contributed by atoms with Gasteiger partial charge >= 0.3 is 0 Å². The monoisotopic (exact) mass is 253 g/mol. The van der Waals surface area contributed by atoms with Gasteiger partial charge in [-0.2, -0.15) is 0 Å². The lowest BCUT2D eigenvalue weighted by molar-refractivity contribution is 0.0970. The van der Waals surface area contributed by atoms with Gasteiger partial charge in [-0.25, -0.2) is 0 Å². The van der Waals surface area contributed by atoms with Gasteiger partial charge in [-0.1, -0.05) is 45.0 Å². The molecule has 0 unspecified atom stereocenters. The summed E-state index contributed by atoms with van der Waals surface area (Å²) in [4.78, 5) is 11.8. The van der Waals surface area contributed by atoms with Gasteiger partial charge in [-0.3, -0.25) is 9.36 Å². The maximum Gasteiger partial charge on any atom is 0.254 e. The van der Waals surface area contributed by atoms with E-state index in [0.717, 1.165) is 5.56 Å². The number of benzene rings is 1. The Kier molecular flexibility index (Phi) is 3.70. The van der Waals surface area contributed by atoms with Crippen LogP contribution in [0.1, 0.15) is 36.7 Å². The van der Waals surface area contributed by atoms with E-state index >= 15 is 0 Å². The molecule has 0 bridgehead atoms. The van der Waals surface area contributed by atoms with Crippen LogP contribution in [0.2, 0.25) is 0 Å². The molecular weight excluding hydrogens is 234 g/mol. The van der Waals surface area contributed by atoms with Gasteiger partial charge in [0.05, 0.1) is 0 Å². The van der Waals surface area contributed by atoms with E-state index < -0.39 is 0 Å². The van der Waals surface area contributed by atoms with Gasteiger partial charge in [0.1, 0.15) is 0 Å². The van der Waals surface area contributed by atoms with Gasteiger partial charge in [-0.05, 0) is 34.8 Å². The molecule has 0 saturated heterocycles. The Balaban J connectivity index is 2.10. The molecule has 2 rings (SSSR count). The van der Waals surface area contributed by atoms with Crippen molar-refractivity contribution in [3.05, 3.63) is 66.0 Å². The van der Waals surface area contributed by atoms with Crippen LogP contribution in [0.15, 0.2) is 54.9 Å². The van der Waals surface area contributed by atoms with Crippen molar-refractivity contribution >= 4 is 12.0 Å². The standard InChI is InChI=1S/C17H19NO/c1-17(2,3)15-9-6-14(7-10-15)8-11-16(19)18-12-4-5-13-18/h4-13H,1-3H3. The summed E-state index contributed by atoms with van der Waals surface area (Å²) in [7, 11) is 0. The van der Waals surface area contributed by atoms with Gasteiger partial charge in [0.15, 0.2) is 0 Å². The van der Waals surface area contributed by atoms with Crippen LogP contribution in [0.25, 0.3) is 6.08 Å². The summed E-state index contributed by atoms with van der Waals surface area (Å²) in [5, 5.41) is 0. The van der Waals surface area contributed by atoms with E-state index in [1.54, 1.807) is 23.0 Å². The van der Waals surface area contributed by atoms with Gasteiger partial charge in [0.25, 0.3) is 5.91 Å². The lowest BCUT2D eigenvalue weighted by Gasteiger charge is -2.18. The Labute approximate surface area is 114 Å². The van der Waals surface area contributed by atoms with Crippen molar-refractivity contribution in [1.29, 1.82) is 0 Å². The van der Waals surface area contributed by atoms with Crippen LogP contribution < -0.4 is 0 Å². The average Bonchev–Trinajstić information content (AvgIpc) is 2.89. The molecular formula is C17H19NO. The van der Waals surface area contributed by atoms with Gasteiger partial charge in [-0.15, -0.1) is 0 Å². The summed E-state index contributed by atoms with van der Waals surface area (Å²) in [6, 6.07) is 12.0. The van der Waals surface area contributed by atoms with Crippen molar-refractivity contribution in [2.75, 3.05) is 0 Å². The predicted molar refractivity (Wildman–Crippen MR) is 79.2 cm³/mol. The second-order valence-electron chi connectivity index (χ2n) is 5.63. The molecule has 0 aliphatic carbocycles. The molecule has 2 aromatic rings. The zero-order chi connectivity index (χ0) is 13.9. The molecule has 2 nitrogen and oxygen atoms in total. The number of allylic oxidation sites excluding steroid dienone is 1. The molecule has 0 radical (unpaired) electrons. The van der Waals surface area contributed by atoms with Gasteiger partial charge in [0.2, 0.25) is 0 Å². The van der Waals surface area contributed by atoms with Crippen molar-refractivity contribution in [3.8, 4) is 0 Å². The van der Waals surface area contributed by atoms with E-state index in [1.807, 2.05) is 30.3 Å². The molecule has 1 aromatic heterocycles. The first-order chi connectivity index (χ1) is 8.97. The van der Waals surface area contributed by atoms with Crippen LogP contribution in [0, 0.1) is 0 Å². The summed E-state index contributed by atoms with van der Waals surface area (Å²) in [6.45, 7) is 6.56.